The summed E-state index contributed by atoms with van der Waals surface area (Å²) in [5, 5.41) is 14.6. The highest BCUT2D eigenvalue weighted by Gasteiger charge is 2.76. The van der Waals surface area contributed by atoms with Crippen molar-refractivity contribution in [1.82, 2.24) is 4.98 Å². The molecule has 1 aromatic carbocycles. The predicted octanol–water partition coefficient (Wildman–Crippen LogP) is 6.45. The number of fused-ring (bicyclic) bond motifs is 10. The Bertz CT molecular complexity index is 1360. The van der Waals surface area contributed by atoms with Crippen LogP contribution in [0.1, 0.15) is 98.2 Å². The fraction of sp³-hybridized carbons (Fsp3) is 0.765. The van der Waals surface area contributed by atoms with Gasteiger partial charge in [0.05, 0.1) is 35.6 Å². The van der Waals surface area contributed by atoms with Gasteiger partial charge in [-0.05, 0) is 81.8 Å². The molecule has 0 radical (unpaired) electrons. The fourth-order valence-electron chi connectivity index (χ4n) is 11.1. The van der Waals surface area contributed by atoms with Gasteiger partial charge >= 0.3 is 0 Å². The average Bonchev–Trinajstić information content (AvgIpc) is 3.21. The molecule has 5 fully saturated rings. The van der Waals surface area contributed by atoms with E-state index in [1.807, 2.05) is 0 Å². The van der Waals surface area contributed by atoms with Crippen LogP contribution in [0, 0.1) is 22.2 Å². The van der Waals surface area contributed by atoms with Crippen LogP contribution >= 0.6 is 0 Å². The lowest BCUT2D eigenvalue weighted by atomic mass is 9.37. The lowest BCUT2D eigenvalue weighted by molar-refractivity contribution is -0.344. The maximum atomic E-state index is 13.2. The number of rotatable bonds is 1. The number of benzene rings is 1. The van der Waals surface area contributed by atoms with Gasteiger partial charge in [0.25, 0.3) is 0 Å². The topological polar surface area (TPSA) is 67.0 Å². The number of aliphatic hydroxyl groups is 1. The second kappa shape index (κ2) is 7.32. The zero-order chi connectivity index (χ0) is 27.4. The third kappa shape index (κ3) is 2.87. The number of ether oxygens (including phenoxy) is 3. The number of aromatic amines is 1. The van der Waals surface area contributed by atoms with Crippen LogP contribution in [-0.4, -0.2) is 51.8 Å². The molecule has 2 aromatic rings. The predicted molar refractivity (Wildman–Crippen MR) is 152 cm³/mol. The summed E-state index contributed by atoms with van der Waals surface area (Å²) in [7, 11) is 0. The van der Waals surface area contributed by atoms with E-state index in [0.717, 1.165) is 44.9 Å². The Labute approximate surface area is 233 Å². The second-order valence-corrected chi connectivity index (χ2v) is 16.1. The number of H-pyrrole nitrogens is 1. The Morgan fingerprint density at radius 3 is 2.33 bits per heavy atom. The number of hydrogen-bond acceptors (Lipinski definition) is 4. The normalized spacial score (nSPS) is 50.9. The maximum Gasteiger partial charge on any atom is 0.113 e. The third-order valence-electron chi connectivity index (χ3n) is 13.6. The molecule has 0 amide bonds. The summed E-state index contributed by atoms with van der Waals surface area (Å²) in [5.41, 5.74) is 2.42. The molecule has 6 aliphatic rings. The first-order chi connectivity index (χ1) is 18.3. The molecule has 2 saturated carbocycles. The molecule has 5 nitrogen and oxygen atoms in total. The molecule has 8 rings (SSSR count). The Balaban J connectivity index is 1.19. The molecular weight excluding hydrogens is 486 g/mol. The van der Waals surface area contributed by atoms with Crippen molar-refractivity contribution in [3.63, 3.8) is 0 Å². The van der Waals surface area contributed by atoms with E-state index in [2.05, 4.69) is 77.7 Å². The molecule has 0 spiro atoms. The lowest BCUT2D eigenvalue weighted by Crippen LogP contribution is -2.76. The number of epoxide rings is 1. The van der Waals surface area contributed by atoms with Crippen molar-refractivity contribution in [2.75, 3.05) is 0 Å². The number of para-hydroxylation sites is 1. The molecule has 2 N–H and O–H groups in total. The van der Waals surface area contributed by atoms with Crippen LogP contribution < -0.4 is 0 Å². The molecule has 39 heavy (non-hydrogen) atoms. The van der Waals surface area contributed by atoms with Crippen LogP contribution in [0.25, 0.3) is 10.9 Å². The molecule has 4 heterocycles. The zero-order valence-electron chi connectivity index (χ0n) is 24.9. The number of nitrogens with one attached hydrogen (secondary N) is 1. The molecule has 1 unspecified atom stereocenters. The van der Waals surface area contributed by atoms with Crippen LogP contribution in [0.15, 0.2) is 24.3 Å². The van der Waals surface area contributed by atoms with E-state index in [1.54, 1.807) is 0 Å². The van der Waals surface area contributed by atoms with Gasteiger partial charge in [-0.3, -0.25) is 0 Å². The number of aromatic nitrogens is 1. The number of hydrogen-bond donors (Lipinski definition) is 2. The quantitative estimate of drug-likeness (QED) is 0.414. The van der Waals surface area contributed by atoms with Crippen molar-refractivity contribution >= 4 is 10.9 Å². The Kier molecular flexibility index (Phi) is 4.75. The van der Waals surface area contributed by atoms with E-state index < -0.39 is 5.60 Å². The first-order valence-electron chi connectivity index (χ1n) is 15.6. The minimum absolute atomic E-state index is 0.00859. The largest absolute Gasteiger partial charge is 0.389 e. The van der Waals surface area contributed by atoms with Gasteiger partial charge in [0, 0.05) is 32.8 Å². The highest BCUT2D eigenvalue weighted by atomic mass is 16.6. The van der Waals surface area contributed by atoms with E-state index in [1.165, 1.54) is 22.2 Å². The molecule has 1 aromatic heterocycles. The monoisotopic (exact) mass is 533 g/mol. The molecular formula is C34H47NO4. The molecule has 5 heteroatoms. The summed E-state index contributed by atoms with van der Waals surface area (Å²) >= 11 is 0. The molecule has 0 bridgehead atoms. The highest BCUT2D eigenvalue weighted by molar-refractivity contribution is 5.86. The minimum atomic E-state index is -0.839. The van der Waals surface area contributed by atoms with Gasteiger partial charge in [-0.1, -0.05) is 52.8 Å². The van der Waals surface area contributed by atoms with Gasteiger partial charge in [-0.25, -0.2) is 0 Å². The van der Waals surface area contributed by atoms with E-state index in [-0.39, 0.29) is 57.8 Å². The van der Waals surface area contributed by atoms with Gasteiger partial charge in [0.2, 0.25) is 0 Å². The second-order valence-electron chi connectivity index (χ2n) is 16.1. The van der Waals surface area contributed by atoms with Crippen molar-refractivity contribution in [2.24, 2.45) is 22.2 Å². The van der Waals surface area contributed by atoms with Crippen LogP contribution in [0.4, 0.5) is 0 Å². The van der Waals surface area contributed by atoms with Gasteiger partial charge < -0.3 is 24.3 Å². The van der Waals surface area contributed by atoms with Crippen molar-refractivity contribution in [3.05, 3.63) is 35.5 Å². The lowest BCUT2D eigenvalue weighted by Gasteiger charge is -2.72. The van der Waals surface area contributed by atoms with Crippen LogP contribution in [0.3, 0.4) is 0 Å². The Hall–Kier alpha value is -1.40. The van der Waals surface area contributed by atoms with Crippen molar-refractivity contribution < 1.29 is 19.3 Å². The first-order valence-corrected chi connectivity index (χ1v) is 15.6. The van der Waals surface area contributed by atoms with Gasteiger partial charge in [0.15, 0.2) is 0 Å². The molecule has 3 aliphatic carbocycles. The van der Waals surface area contributed by atoms with E-state index in [9.17, 15) is 5.11 Å². The van der Waals surface area contributed by atoms with Crippen LogP contribution in [-0.2, 0) is 26.0 Å². The van der Waals surface area contributed by atoms with Crippen molar-refractivity contribution in [3.8, 4) is 0 Å². The van der Waals surface area contributed by atoms with Crippen LogP contribution in [0.5, 0.6) is 0 Å². The summed E-state index contributed by atoms with van der Waals surface area (Å²) in [4.78, 5) is 3.88. The van der Waals surface area contributed by atoms with E-state index >= 15 is 0 Å². The van der Waals surface area contributed by atoms with Crippen molar-refractivity contribution in [2.45, 2.75) is 141 Å². The highest BCUT2D eigenvalue weighted by Crippen LogP contribution is 2.73. The molecule has 3 saturated heterocycles. The maximum absolute atomic E-state index is 13.2. The fourth-order valence-corrected chi connectivity index (χ4v) is 11.1. The summed E-state index contributed by atoms with van der Waals surface area (Å²) in [5.74, 6) is 0.550. The zero-order valence-corrected chi connectivity index (χ0v) is 24.9. The standard InChI is InChI=1S/C34H47NO4/c1-29(2)17-23(28-30(3,4)39-28)37-24-18-31(5)25(38-27(24)29)13-14-32(6)33(7)19(12-15-34(31,32)36)16-21-20-10-8-9-11-22(20)35-26(21)33/h8-11,19,23-25,27-28,35-36H,12-18H2,1-7H3/t19-,23-,24-,25-,27-,28?,31-,32+,33+,34+/m0/s1. The molecule has 212 valence electrons. The Morgan fingerprint density at radius 1 is 0.872 bits per heavy atom. The SMILES string of the molecule is CC1(C)OC1[C@@H]1CC(C)(C)[C@H]2O[C@H]3CC[C@@]4(C)[C@@](O)(CC[C@H]5Cc6c([nH]c7ccccc67)[C@@]54C)[C@@]3(C)C[C@@H]2O1. The summed E-state index contributed by atoms with van der Waals surface area (Å²) in [6.45, 7) is 16.3. The van der Waals surface area contributed by atoms with Crippen molar-refractivity contribution in [1.29, 1.82) is 0 Å². The average molecular weight is 534 g/mol. The summed E-state index contributed by atoms with van der Waals surface area (Å²) in [6.07, 6.45) is 7.10. The summed E-state index contributed by atoms with van der Waals surface area (Å²) < 4.78 is 20.1. The minimum Gasteiger partial charge on any atom is -0.389 e. The molecule has 3 aliphatic heterocycles. The van der Waals surface area contributed by atoms with E-state index in [4.69, 9.17) is 14.2 Å². The van der Waals surface area contributed by atoms with Gasteiger partial charge in [-0.2, -0.15) is 0 Å². The van der Waals surface area contributed by atoms with E-state index in [0.29, 0.717) is 5.92 Å². The third-order valence-corrected chi connectivity index (χ3v) is 13.6. The molecule has 10 atom stereocenters. The summed E-state index contributed by atoms with van der Waals surface area (Å²) in [6, 6.07) is 8.77. The van der Waals surface area contributed by atoms with Crippen LogP contribution in [0.2, 0.25) is 0 Å². The Morgan fingerprint density at radius 2 is 1.59 bits per heavy atom. The van der Waals surface area contributed by atoms with Gasteiger partial charge in [-0.15, -0.1) is 0 Å². The van der Waals surface area contributed by atoms with Gasteiger partial charge in [0.1, 0.15) is 6.10 Å². The first kappa shape index (κ1) is 25.3. The smallest absolute Gasteiger partial charge is 0.113 e.